The molecular weight excluding hydrogens is 181 g/mol. The summed E-state index contributed by atoms with van der Waals surface area (Å²) in [6.45, 7) is 0. The maximum atomic E-state index is 12.9. The fourth-order valence-electron chi connectivity index (χ4n) is 1.85. The van der Waals surface area contributed by atoms with Crippen LogP contribution < -0.4 is 5.73 Å². The van der Waals surface area contributed by atoms with Gasteiger partial charge in [0.1, 0.15) is 11.6 Å². The molecule has 0 radical (unpaired) electrons. The molecular formula is C11H14FNO. The third-order valence-electron chi connectivity index (χ3n) is 3.01. The van der Waals surface area contributed by atoms with Crippen LogP contribution in [0.25, 0.3) is 0 Å². The van der Waals surface area contributed by atoms with E-state index < -0.39 is 0 Å². The summed E-state index contributed by atoms with van der Waals surface area (Å²) in [4.78, 5) is 0. The number of hydrogen-bond donors (Lipinski definition) is 2. The van der Waals surface area contributed by atoms with E-state index in [0.717, 1.165) is 12.8 Å². The van der Waals surface area contributed by atoms with E-state index >= 15 is 0 Å². The van der Waals surface area contributed by atoms with Gasteiger partial charge in [-0.2, -0.15) is 0 Å². The molecule has 76 valence electrons. The first-order valence-electron chi connectivity index (χ1n) is 4.92. The zero-order valence-electron chi connectivity index (χ0n) is 7.91. The van der Waals surface area contributed by atoms with Gasteiger partial charge < -0.3 is 10.8 Å². The van der Waals surface area contributed by atoms with Crippen molar-refractivity contribution in [2.75, 3.05) is 0 Å². The molecule has 1 fully saturated rings. The summed E-state index contributed by atoms with van der Waals surface area (Å²) in [7, 11) is 0. The second-order valence-corrected chi connectivity index (χ2v) is 3.92. The highest BCUT2D eigenvalue weighted by Gasteiger charge is 2.27. The van der Waals surface area contributed by atoms with Gasteiger partial charge in [-0.3, -0.25) is 0 Å². The van der Waals surface area contributed by atoms with Gasteiger partial charge >= 0.3 is 0 Å². The summed E-state index contributed by atoms with van der Waals surface area (Å²) in [5, 5.41) is 9.53. The Hall–Kier alpha value is -1.09. The van der Waals surface area contributed by atoms with Crippen molar-refractivity contribution < 1.29 is 9.50 Å². The van der Waals surface area contributed by atoms with Crippen molar-refractivity contribution in [3.63, 3.8) is 0 Å². The molecule has 1 aliphatic rings. The Morgan fingerprint density at radius 3 is 2.71 bits per heavy atom. The molecule has 0 heterocycles. The lowest BCUT2D eigenvalue weighted by Gasteiger charge is -2.31. The van der Waals surface area contributed by atoms with E-state index in [-0.39, 0.29) is 17.6 Å². The predicted octanol–water partition coefficient (Wildman–Crippen LogP) is 2.33. The summed E-state index contributed by atoms with van der Waals surface area (Å²) in [5.41, 5.74) is 6.48. The molecule has 3 heteroatoms. The third-order valence-corrected chi connectivity index (χ3v) is 3.01. The second-order valence-electron chi connectivity index (χ2n) is 3.92. The molecule has 0 aliphatic heterocycles. The Morgan fingerprint density at radius 2 is 2.14 bits per heavy atom. The van der Waals surface area contributed by atoms with E-state index in [9.17, 15) is 9.50 Å². The van der Waals surface area contributed by atoms with Crippen LogP contribution in [-0.4, -0.2) is 5.11 Å². The Kier molecular flexibility index (Phi) is 2.42. The molecule has 0 bridgehead atoms. The summed E-state index contributed by atoms with van der Waals surface area (Å²) >= 11 is 0. The summed E-state index contributed by atoms with van der Waals surface area (Å²) in [5.74, 6) is 0.168. The molecule has 0 aromatic heterocycles. The van der Waals surface area contributed by atoms with E-state index in [4.69, 9.17) is 5.73 Å². The van der Waals surface area contributed by atoms with E-state index in [0.29, 0.717) is 11.5 Å². The summed E-state index contributed by atoms with van der Waals surface area (Å²) in [6, 6.07) is 3.72. The molecule has 1 aromatic carbocycles. The van der Waals surface area contributed by atoms with Crippen LogP contribution in [0, 0.1) is 11.7 Å². The highest BCUT2D eigenvalue weighted by atomic mass is 19.1. The standard InChI is InChI=1S/C11H14FNO/c12-8-4-5-10(14)9(6-8)11(13)7-2-1-3-7/h4-7,11,14H,1-3,13H2. The van der Waals surface area contributed by atoms with Crippen LogP contribution in [0.5, 0.6) is 5.75 Å². The molecule has 2 rings (SSSR count). The smallest absolute Gasteiger partial charge is 0.123 e. The Morgan fingerprint density at radius 1 is 1.43 bits per heavy atom. The molecule has 1 unspecified atom stereocenters. The molecule has 0 saturated heterocycles. The molecule has 0 spiro atoms. The number of phenols is 1. The van der Waals surface area contributed by atoms with E-state index in [1.54, 1.807) is 0 Å². The minimum atomic E-state index is -0.340. The molecule has 14 heavy (non-hydrogen) atoms. The molecule has 1 aromatic rings. The monoisotopic (exact) mass is 195 g/mol. The average Bonchev–Trinajstić information content (AvgIpc) is 2.06. The largest absolute Gasteiger partial charge is 0.508 e. The maximum absolute atomic E-state index is 12.9. The quantitative estimate of drug-likeness (QED) is 0.760. The van der Waals surface area contributed by atoms with Gasteiger partial charge in [-0.25, -0.2) is 4.39 Å². The summed E-state index contributed by atoms with van der Waals surface area (Å²) in [6.07, 6.45) is 3.35. The van der Waals surface area contributed by atoms with Gasteiger partial charge in [0.25, 0.3) is 0 Å². The fourth-order valence-corrected chi connectivity index (χ4v) is 1.85. The van der Waals surface area contributed by atoms with Crippen molar-refractivity contribution in [2.24, 2.45) is 11.7 Å². The Labute approximate surface area is 82.5 Å². The predicted molar refractivity (Wildman–Crippen MR) is 52.3 cm³/mol. The normalized spacial score (nSPS) is 19.0. The first kappa shape index (κ1) is 9.46. The highest BCUT2D eigenvalue weighted by Crippen LogP contribution is 2.38. The highest BCUT2D eigenvalue weighted by molar-refractivity contribution is 5.35. The molecule has 1 aliphatic carbocycles. The lowest BCUT2D eigenvalue weighted by Crippen LogP contribution is -2.26. The molecule has 1 saturated carbocycles. The lowest BCUT2D eigenvalue weighted by atomic mass is 9.77. The van der Waals surface area contributed by atoms with Crippen molar-refractivity contribution in [1.29, 1.82) is 0 Å². The van der Waals surface area contributed by atoms with Gasteiger partial charge in [0.15, 0.2) is 0 Å². The molecule has 1 atom stereocenters. The Balaban J connectivity index is 2.24. The summed E-state index contributed by atoms with van der Waals surface area (Å²) < 4.78 is 12.9. The van der Waals surface area contributed by atoms with Gasteiger partial charge in [-0.05, 0) is 37.0 Å². The van der Waals surface area contributed by atoms with Crippen LogP contribution >= 0.6 is 0 Å². The number of rotatable bonds is 2. The minimum absolute atomic E-state index is 0.103. The molecule has 3 N–H and O–H groups in total. The lowest BCUT2D eigenvalue weighted by molar-refractivity contribution is 0.260. The van der Waals surface area contributed by atoms with Crippen molar-refractivity contribution in [2.45, 2.75) is 25.3 Å². The van der Waals surface area contributed by atoms with Gasteiger partial charge in [-0.1, -0.05) is 6.42 Å². The molecule has 0 amide bonds. The fraction of sp³-hybridized carbons (Fsp3) is 0.455. The molecule has 2 nitrogen and oxygen atoms in total. The van der Waals surface area contributed by atoms with Crippen molar-refractivity contribution in [1.82, 2.24) is 0 Å². The van der Waals surface area contributed by atoms with Gasteiger partial charge in [0.05, 0.1) is 0 Å². The van der Waals surface area contributed by atoms with E-state index in [2.05, 4.69) is 0 Å². The minimum Gasteiger partial charge on any atom is -0.508 e. The maximum Gasteiger partial charge on any atom is 0.123 e. The van der Waals surface area contributed by atoms with Crippen LogP contribution in [0.2, 0.25) is 0 Å². The van der Waals surface area contributed by atoms with E-state index in [1.807, 2.05) is 0 Å². The van der Waals surface area contributed by atoms with Crippen LogP contribution in [0.4, 0.5) is 4.39 Å². The van der Waals surface area contributed by atoms with E-state index in [1.165, 1.54) is 24.6 Å². The number of benzene rings is 1. The topological polar surface area (TPSA) is 46.2 Å². The average molecular weight is 195 g/mol. The number of aromatic hydroxyl groups is 1. The van der Waals surface area contributed by atoms with Crippen LogP contribution in [-0.2, 0) is 0 Å². The zero-order chi connectivity index (χ0) is 10.1. The Bertz CT molecular complexity index is 336. The second kappa shape index (κ2) is 3.58. The third kappa shape index (κ3) is 1.60. The number of hydrogen-bond acceptors (Lipinski definition) is 2. The first-order chi connectivity index (χ1) is 6.68. The zero-order valence-corrected chi connectivity index (χ0v) is 7.91. The van der Waals surface area contributed by atoms with Crippen molar-refractivity contribution in [3.05, 3.63) is 29.6 Å². The number of halogens is 1. The number of nitrogens with two attached hydrogens (primary N) is 1. The SMILES string of the molecule is NC(c1cc(F)ccc1O)C1CCC1. The van der Waals surface area contributed by atoms with Gasteiger partial charge in [0, 0.05) is 11.6 Å². The van der Waals surface area contributed by atoms with Gasteiger partial charge in [0.2, 0.25) is 0 Å². The number of phenolic OH excluding ortho intramolecular Hbond substituents is 1. The first-order valence-corrected chi connectivity index (χ1v) is 4.92. The van der Waals surface area contributed by atoms with Crippen molar-refractivity contribution >= 4 is 0 Å². The van der Waals surface area contributed by atoms with Crippen LogP contribution in [0.15, 0.2) is 18.2 Å². The van der Waals surface area contributed by atoms with Crippen LogP contribution in [0.3, 0.4) is 0 Å². The van der Waals surface area contributed by atoms with Crippen molar-refractivity contribution in [3.8, 4) is 5.75 Å². The van der Waals surface area contributed by atoms with Crippen LogP contribution in [0.1, 0.15) is 30.9 Å². The van der Waals surface area contributed by atoms with Gasteiger partial charge in [-0.15, -0.1) is 0 Å².